The van der Waals surface area contributed by atoms with Crippen LogP contribution < -0.4 is 11.2 Å². The third kappa shape index (κ3) is 1.48. The van der Waals surface area contributed by atoms with E-state index in [1.165, 1.54) is 10.7 Å². The van der Waals surface area contributed by atoms with Crippen LogP contribution in [-0.2, 0) is 0 Å². The average Bonchev–Trinajstić information content (AvgIpc) is 2.67. The van der Waals surface area contributed by atoms with E-state index in [2.05, 4.69) is 5.10 Å². The summed E-state index contributed by atoms with van der Waals surface area (Å²) in [5, 5.41) is 3.07. The van der Waals surface area contributed by atoms with Gasteiger partial charge in [0.2, 0.25) is 5.71 Å². The fourth-order valence-electron chi connectivity index (χ4n) is 1.99. The van der Waals surface area contributed by atoms with Crippen molar-refractivity contribution in [3.05, 3.63) is 62.7 Å². The van der Waals surface area contributed by atoms with Crippen molar-refractivity contribution in [2.75, 3.05) is 0 Å². The molecule has 18 heavy (non-hydrogen) atoms. The van der Waals surface area contributed by atoms with Gasteiger partial charge in [0.1, 0.15) is 5.39 Å². The molecule has 0 unspecified atom stereocenters. The normalized spacial score (nSPS) is 10.9. The van der Waals surface area contributed by atoms with Crippen molar-refractivity contribution in [2.45, 2.75) is 6.92 Å². The first-order valence-corrected chi connectivity index (χ1v) is 5.48. The van der Waals surface area contributed by atoms with Crippen molar-refractivity contribution in [1.29, 1.82) is 0 Å². The monoisotopic (exact) mass is 242 g/mol. The Morgan fingerprint density at radius 2 is 1.89 bits per heavy atom. The van der Waals surface area contributed by atoms with Gasteiger partial charge in [0.15, 0.2) is 0 Å². The summed E-state index contributed by atoms with van der Waals surface area (Å²) in [6.07, 6.45) is 0. The molecule has 0 radical (unpaired) electrons. The largest absolute Gasteiger partial charge is 0.403 e. The van der Waals surface area contributed by atoms with E-state index in [1.54, 1.807) is 6.92 Å². The van der Waals surface area contributed by atoms with Crippen LogP contribution in [0.5, 0.6) is 0 Å². The lowest BCUT2D eigenvalue weighted by Gasteiger charge is -2.02. The number of nitrogens with zero attached hydrogens (tertiary/aromatic N) is 1. The van der Waals surface area contributed by atoms with Crippen LogP contribution in [0.1, 0.15) is 5.56 Å². The molecule has 0 saturated carbocycles. The first-order chi connectivity index (χ1) is 8.66. The topological polar surface area (TPSA) is 68.0 Å². The minimum Gasteiger partial charge on any atom is -0.403 e. The molecule has 1 aromatic carbocycles. The summed E-state index contributed by atoms with van der Waals surface area (Å²) in [5.41, 5.74) is 0.852. The molecule has 0 atom stereocenters. The number of rotatable bonds is 1. The number of fused-ring (bicyclic) bond motifs is 1. The Labute approximate surface area is 101 Å². The molecule has 2 aromatic heterocycles. The number of hydrogen-bond donors (Lipinski definition) is 1. The summed E-state index contributed by atoms with van der Waals surface area (Å²) in [5.74, 6) is 0. The second-order valence-electron chi connectivity index (χ2n) is 4.04. The van der Waals surface area contributed by atoms with Crippen LogP contribution in [-0.4, -0.2) is 9.78 Å². The highest BCUT2D eigenvalue weighted by Crippen LogP contribution is 2.15. The zero-order valence-corrected chi connectivity index (χ0v) is 9.64. The Bertz CT molecular complexity index is 825. The molecular formula is C13H10N2O3. The molecule has 0 aliphatic heterocycles. The number of aromatic nitrogens is 2. The lowest BCUT2D eigenvalue weighted by atomic mass is 10.2. The molecule has 0 fully saturated rings. The van der Waals surface area contributed by atoms with E-state index in [1.807, 2.05) is 30.3 Å². The van der Waals surface area contributed by atoms with Gasteiger partial charge >= 0.3 is 5.63 Å². The van der Waals surface area contributed by atoms with Crippen molar-refractivity contribution < 1.29 is 4.42 Å². The van der Waals surface area contributed by atoms with E-state index < -0.39 is 5.63 Å². The number of benzene rings is 1. The number of nitrogens with one attached hydrogen (secondary N) is 1. The summed E-state index contributed by atoms with van der Waals surface area (Å²) in [6, 6.07) is 10.5. The van der Waals surface area contributed by atoms with Gasteiger partial charge in [0.25, 0.3) is 5.56 Å². The number of aromatic amines is 1. The van der Waals surface area contributed by atoms with Gasteiger partial charge in [-0.05, 0) is 24.6 Å². The van der Waals surface area contributed by atoms with Gasteiger partial charge in [0.05, 0.1) is 5.69 Å². The Hall–Kier alpha value is -2.56. The molecule has 2 heterocycles. The lowest BCUT2D eigenvalue weighted by molar-refractivity contribution is 0.534. The molecule has 0 spiro atoms. The summed E-state index contributed by atoms with van der Waals surface area (Å²) < 4.78 is 6.60. The van der Waals surface area contributed by atoms with Crippen molar-refractivity contribution >= 4 is 11.1 Å². The Balaban J connectivity index is 2.46. The quantitative estimate of drug-likeness (QED) is 0.704. The highest BCUT2D eigenvalue weighted by atomic mass is 16.4. The average molecular weight is 242 g/mol. The minimum absolute atomic E-state index is 0.246. The van der Waals surface area contributed by atoms with Crippen LogP contribution >= 0.6 is 0 Å². The standard InChI is InChI=1S/C13H10N2O3/c1-8-7-10(16)18-13-11(8)12(17)14-15(13)9-5-3-2-4-6-9/h2-7H,1H3,(H,14,17). The highest BCUT2D eigenvalue weighted by Gasteiger charge is 2.13. The third-order valence-electron chi connectivity index (χ3n) is 2.80. The van der Waals surface area contributed by atoms with Gasteiger partial charge in [-0.2, -0.15) is 0 Å². The van der Waals surface area contributed by atoms with Crippen LogP contribution in [0.15, 0.2) is 50.4 Å². The van der Waals surface area contributed by atoms with Crippen LogP contribution in [0.3, 0.4) is 0 Å². The van der Waals surface area contributed by atoms with E-state index >= 15 is 0 Å². The van der Waals surface area contributed by atoms with Gasteiger partial charge < -0.3 is 4.42 Å². The zero-order chi connectivity index (χ0) is 12.7. The molecule has 0 aliphatic carbocycles. The van der Waals surface area contributed by atoms with Crippen LogP contribution in [0.4, 0.5) is 0 Å². The first kappa shape index (κ1) is 10.6. The highest BCUT2D eigenvalue weighted by molar-refractivity contribution is 5.77. The van der Waals surface area contributed by atoms with Crippen molar-refractivity contribution in [3.8, 4) is 5.69 Å². The molecule has 3 aromatic rings. The zero-order valence-electron chi connectivity index (χ0n) is 9.64. The van der Waals surface area contributed by atoms with Gasteiger partial charge in [-0.15, -0.1) is 0 Å². The van der Waals surface area contributed by atoms with Gasteiger partial charge in [-0.25, -0.2) is 9.48 Å². The Morgan fingerprint density at radius 1 is 1.17 bits per heavy atom. The summed E-state index contributed by atoms with van der Waals surface area (Å²) >= 11 is 0. The lowest BCUT2D eigenvalue weighted by Crippen LogP contribution is -2.04. The fraction of sp³-hybridized carbons (Fsp3) is 0.0769. The number of aryl methyl sites for hydroxylation is 1. The summed E-state index contributed by atoms with van der Waals surface area (Å²) in [7, 11) is 0. The van der Waals surface area contributed by atoms with Gasteiger partial charge in [-0.3, -0.25) is 9.89 Å². The number of H-pyrrole nitrogens is 1. The van der Waals surface area contributed by atoms with Crippen molar-refractivity contribution in [3.63, 3.8) is 0 Å². The van der Waals surface area contributed by atoms with E-state index in [0.29, 0.717) is 10.9 Å². The maximum absolute atomic E-state index is 11.9. The molecule has 90 valence electrons. The number of hydrogen-bond acceptors (Lipinski definition) is 3. The second kappa shape index (κ2) is 3.73. The molecular weight excluding hydrogens is 232 g/mol. The summed E-state index contributed by atoms with van der Waals surface area (Å²) in [4.78, 5) is 23.3. The smallest absolute Gasteiger partial charge is 0.337 e. The van der Waals surface area contributed by atoms with Crippen LogP contribution in [0, 0.1) is 6.92 Å². The second-order valence-corrected chi connectivity index (χ2v) is 4.04. The minimum atomic E-state index is -0.469. The molecule has 0 amide bonds. The predicted octanol–water partition coefficient (Wildman–Crippen LogP) is 1.58. The Morgan fingerprint density at radius 3 is 2.61 bits per heavy atom. The molecule has 5 heteroatoms. The third-order valence-corrected chi connectivity index (χ3v) is 2.80. The summed E-state index contributed by atoms with van der Waals surface area (Å²) in [6.45, 7) is 1.71. The molecule has 3 rings (SSSR count). The SMILES string of the molecule is Cc1cc(=O)oc2c1c(=O)[nH]n2-c1ccccc1. The first-order valence-electron chi connectivity index (χ1n) is 5.48. The predicted molar refractivity (Wildman–Crippen MR) is 67.2 cm³/mol. The van der Waals surface area contributed by atoms with E-state index in [4.69, 9.17) is 4.42 Å². The van der Waals surface area contributed by atoms with Gasteiger partial charge in [0, 0.05) is 6.07 Å². The maximum Gasteiger partial charge on any atom is 0.337 e. The number of para-hydroxylation sites is 1. The molecule has 5 nitrogen and oxygen atoms in total. The molecule has 0 saturated heterocycles. The van der Waals surface area contributed by atoms with E-state index in [0.717, 1.165) is 5.69 Å². The molecule has 0 aliphatic rings. The van der Waals surface area contributed by atoms with Crippen LogP contribution in [0.25, 0.3) is 16.8 Å². The van der Waals surface area contributed by atoms with E-state index in [-0.39, 0.29) is 11.3 Å². The van der Waals surface area contributed by atoms with Gasteiger partial charge in [-0.1, -0.05) is 18.2 Å². The maximum atomic E-state index is 11.9. The Kier molecular flexibility index (Phi) is 2.19. The van der Waals surface area contributed by atoms with Crippen LogP contribution in [0.2, 0.25) is 0 Å². The molecule has 0 bridgehead atoms. The van der Waals surface area contributed by atoms with Crippen molar-refractivity contribution in [1.82, 2.24) is 9.78 Å². The fourth-order valence-corrected chi connectivity index (χ4v) is 1.99. The van der Waals surface area contributed by atoms with E-state index in [9.17, 15) is 9.59 Å². The van der Waals surface area contributed by atoms with Crippen molar-refractivity contribution in [2.24, 2.45) is 0 Å². The molecule has 1 N–H and O–H groups in total.